The largest absolute Gasteiger partial charge is 0.476 e. The number of rotatable bonds is 2. The van der Waals surface area contributed by atoms with E-state index in [9.17, 15) is 0 Å². The first-order valence-electron chi connectivity index (χ1n) is 5.92. The van der Waals surface area contributed by atoms with Crippen molar-refractivity contribution in [1.82, 2.24) is 10.3 Å². The number of pyridine rings is 1. The highest BCUT2D eigenvalue weighted by atomic mass is 35.5. The summed E-state index contributed by atoms with van der Waals surface area (Å²) in [6.07, 6.45) is 3.95. The molecule has 0 amide bonds. The van der Waals surface area contributed by atoms with Gasteiger partial charge in [0.05, 0.1) is 0 Å². The molecule has 5 heteroatoms. The third kappa shape index (κ3) is 2.82. The van der Waals surface area contributed by atoms with Crippen LogP contribution in [0, 0.1) is 0 Å². The lowest BCUT2D eigenvalue weighted by Crippen LogP contribution is -2.25. The zero-order chi connectivity index (χ0) is 10.8. The molecule has 1 aliphatic heterocycles. The van der Waals surface area contributed by atoms with Crippen LogP contribution in [-0.4, -0.2) is 24.2 Å². The molecule has 0 radical (unpaired) electrons. The average Bonchev–Trinajstić information content (AvgIpc) is 2.48. The van der Waals surface area contributed by atoms with Crippen molar-refractivity contribution in [1.29, 1.82) is 0 Å². The minimum absolute atomic E-state index is 0. The summed E-state index contributed by atoms with van der Waals surface area (Å²) in [7, 11) is 0. The van der Waals surface area contributed by atoms with Crippen molar-refractivity contribution in [3.63, 3.8) is 0 Å². The third-order valence-corrected chi connectivity index (χ3v) is 3.09. The standard InChI is InChI=1S/C12H16N2O2.ClH/c1-2-10(3-1)16-11-5-4-9-8-13-6-7-15-12(9)14-11;/h4-5,10,13H,1-3,6-8H2;1H. The van der Waals surface area contributed by atoms with E-state index in [-0.39, 0.29) is 12.4 Å². The van der Waals surface area contributed by atoms with Crippen molar-refractivity contribution >= 4 is 12.4 Å². The lowest BCUT2D eigenvalue weighted by Gasteiger charge is -2.25. The summed E-state index contributed by atoms with van der Waals surface area (Å²) >= 11 is 0. The van der Waals surface area contributed by atoms with Crippen LogP contribution in [0.25, 0.3) is 0 Å². The second-order valence-electron chi connectivity index (χ2n) is 4.31. The van der Waals surface area contributed by atoms with Crippen molar-refractivity contribution in [2.24, 2.45) is 0 Å². The molecule has 94 valence electrons. The topological polar surface area (TPSA) is 43.4 Å². The second-order valence-corrected chi connectivity index (χ2v) is 4.31. The zero-order valence-corrected chi connectivity index (χ0v) is 10.5. The smallest absolute Gasteiger partial charge is 0.221 e. The monoisotopic (exact) mass is 256 g/mol. The van der Waals surface area contributed by atoms with Gasteiger partial charge in [0.2, 0.25) is 11.8 Å². The molecule has 0 saturated heterocycles. The number of halogens is 1. The van der Waals surface area contributed by atoms with Crippen LogP contribution in [0.1, 0.15) is 24.8 Å². The van der Waals surface area contributed by atoms with Crippen molar-refractivity contribution in [2.75, 3.05) is 13.2 Å². The summed E-state index contributed by atoms with van der Waals surface area (Å²) in [5, 5.41) is 3.28. The van der Waals surface area contributed by atoms with Gasteiger partial charge in [-0.25, -0.2) is 0 Å². The molecule has 1 fully saturated rings. The van der Waals surface area contributed by atoms with Crippen LogP contribution in [0.4, 0.5) is 0 Å². The minimum Gasteiger partial charge on any atom is -0.476 e. The Hall–Kier alpha value is -1.00. The summed E-state index contributed by atoms with van der Waals surface area (Å²) in [4.78, 5) is 4.41. The predicted molar refractivity (Wildman–Crippen MR) is 67.0 cm³/mol. The van der Waals surface area contributed by atoms with Crippen LogP contribution in [0.5, 0.6) is 11.8 Å². The van der Waals surface area contributed by atoms with E-state index < -0.39 is 0 Å². The van der Waals surface area contributed by atoms with Gasteiger partial charge in [-0.3, -0.25) is 0 Å². The highest BCUT2D eigenvalue weighted by molar-refractivity contribution is 5.85. The highest BCUT2D eigenvalue weighted by Crippen LogP contribution is 2.27. The third-order valence-electron chi connectivity index (χ3n) is 3.09. The lowest BCUT2D eigenvalue weighted by atomic mass is 9.96. The number of nitrogens with zero attached hydrogens (tertiary/aromatic N) is 1. The Morgan fingerprint density at radius 1 is 1.35 bits per heavy atom. The fraction of sp³-hybridized carbons (Fsp3) is 0.583. The molecule has 1 saturated carbocycles. The molecular formula is C12H17ClN2O2. The van der Waals surface area contributed by atoms with Gasteiger partial charge in [0, 0.05) is 24.7 Å². The molecular weight excluding hydrogens is 240 g/mol. The van der Waals surface area contributed by atoms with E-state index in [2.05, 4.69) is 10.3 Å². The molecule has 17 heavy (non-hydrogen) atoms. The van der Waals surface area contributed by atoms with Crippen LogP contribution >= 0.6 is 12.4 Å². The number of aromatic nitrogens is 1. The first-order valence-corrected chi connectivity index (χ1v) is 5.92. The molecule has 2 aliphatic rings. The van der Waals surface area contributed by atoms with E-state index in [1.807, 2.05) is 12.1 Å². The van der Waals surface area contributed by atoms with E-state index in [1.54, 1.807) is 0 Å². The second kappa shape index (κ2) is 5.56. The fourth-order valence-corrected chi connectivity index (χ4v) is 1.88. The van der Waals surface area contributed by atoms with Crippen LogP contribution in [0.3, 0.4) is 0 Å². The van der Waals surface area contributed by atoms with Crippen LogP contribution in [0.2, 0.25) is 0 Å². The fourth-order valence-electron chi connectivity index (χ4n) is 1.88. The van der Waals surface area contributed by atoms with Gasteiger partial charge < -0.3 is 14.8 Å². The Kier molecular flexibility index (Phi) is 4.07. The zero-order valence-electron chi connectivity index (χ0n) is 9.65. The Morgan fingerprint density at radius 2 is 2.24 bits per heavy atom. The van der Waals surface area contributed by atoms with Gasteiger partial charge in [-0.15, -0.1) is 12.4 Å². The molecule has 0 bridgehead atoms. The molecule has 0 spiro atoms. The molecule has 2 heterocycles. The summed E-state index contributed by atoms with van der Waals surface area (Å²) < 4.78 is 11.3. The SMILES string of the molecule is Cl.c1cc2c(nc1OC1CCC1)OCCNC2. The summed E-state index contributed by atoms with van der Waals surface area (Å²) in [5.41, 5.74) is 1.11. The van der Waals surface area contributed by atoms with Gasteiger partial charge in [-0.2, -0.15) is 4.98 Å². The van der Waals surface area contributed by atoms with Crippen LogP contribution in [0.15, 0.2) is 12.1 Å². The molecule has 1 aromatic heterocycles. The summed E-state index contributed by atoms with van der Waals surface area (Å²) in [6, 6.07) is 3.97. The molecule has 0 atom stereocenters. The van der Waals surface area contributed by atoms with Crippen molar-refractivity contribution < 1.29 is 9.47 Å². The molecule has 3 rings (SSSR count). The van der Waals surface area contributed by atoms with Gasteiger partial charge in [0.15, 0.2) is 0 Å². The average molecular weight is 257 g/mol. The number of hydrogen-bond acceptors (Lipinski definition) is 4. The Bertz CT molecular complexity index is 383. The molecule has 1 aliphatic carbocycles. The number of hydrogen-bond donors (Lipinski definition) is 1. The predicted octanol–water partition coefficient (Wildman–Crippen LogP) is 1.92. The highest BCUT2D eigenvalue weighted by Gasteiger charge is 2.20. The first-order chi connectivity index (χ1) is 7.92. The number of fused-ring (bicyclic) bond motifs is 1. The normalized spacial score (nSPS) is 19.1. The molecule has 4 nitrogen and oxygen atoms in total. The molecule has 0 aromatic carbocycles. The quantitative estimate of drug-likeness (QED) is 0.878. The number of ether oxygens (including phenoxy) is 2. The van der Waals surface area contributed by atoms with Gasteiger partial charge >= 0.3 is 0 Å². The van der Waals surface area contributed by atoms with E-state index in [1.165, 1.54) is 6.42 Å². The van der Waals surface area contributed by atoms with Crippen molar-refractivity contribution in [2.45, 2.75) is 31.9 Å². The lowest BCUT2D eigenvalue weighted by molar-refractivity contribution is 0.113. The van der Waals surface area contributed by atoms with Crippen molar-refractivity contribution in [3.05, 3.63) is 17.7 Å². The Labute approximate surface area is 107 Å². The van der Waals surface area contributed by atoms with E-state index in [0.29, 0.717) is 18.6 Å². The van der Waals surface area contributed by atoms with E-state index in [4.69, 9.17) is 9.47 Å². The van der Waals surface area contributed by atoms with Gasteiger partial charge in [0.1, 0.15) is 12.7 Å². The maximum atomic E-state index is 5.75. The first kappa shape index (κ1) is 12.5. The molecule has 0 unspecified atom stereocenters. The molecule has 1 aromatic rings. The number of nitrogens with one attached hydrogen (secondary N) is 1. The van der Waals surface area contributed by atoms with Gasteiger partial charge in [0.25, 0.3) is 0 Å². The van der Waals surface area contributed by atoms with Crippen LogP contribution < -0.4 is 14.8 Å². The maximum absolute atomic E-state index is 5.75. The van der Waals surface area contributed by atoms with E-state index >= 15 is 0 Å². The van der Waals surface area contributed by atoms with E-state index in [0.717, 1.165) is 37.4 Å². The minimum atomic E-state index is 0. The Balaban J connectivity index is 0.00000108. The molecule has 1 N–H and O–H groups in total. The van der Waals surface area contributed by atoms with Gasteiger partial charge in [-0.1, -0.05) is 0 Å². The van der Waals surface area contributed by atoms with Gasteiger partial charge in [-0.05, 0) is 25.3 Å². The maximum Gasteiger partial charge on any atom is 0.221 e. The van der Waals surface area contributed by atoms with Crippen LogP contribution in [-0.2, 0) is 6.54 Å². The van der Waals surface area contributed by atoms with Crippen molar-refractivity contribution in [3.8, 4) is 11.8 Å². The summed E-state index contributed by atoms with van der Waals surface area (Å²) in [6.45, 7) is 2.37. The summed E-state index contributed by atoms with van der Waals surface area (Å²) in [5.74, 6) is 1.42. The Morgan fingerprint density at radius 3 is 3.00 bits per heavy atom.